The van der Waals surface area contributed by atoms with Crippen molar-refractivity contribution >= 4 is 40.1 Å². The average Bonchev–Trinajstić information content (AvgIpc) is 2.69. The molecule has 188 valence electrons. The summed E-state index contributed by atoms with van der Waals surface area (Å²) in [6.45, 7) is 10.4. The van der Waals surface area contributed by atoms with E-state index in [-0.39, 0.29) is 29.0 Å². The van der Waals surface area contributed by atoms with Crippen LogP contribution >= 0.6 is 22.6 Å². The van der Waals surface area contributed by atoms with Crippen LogP contribution < -0.4 is 20.5 Å². The zero-order valence-electron chi connectivity index (χ0n) is 21.0. The Hall–Kier alpha value is -2.36. The van der Waals surface area contributed by atoms with Crippen LogP contribution in [0.1, 0.15) is 71.8 Å². The quantitative estimate of drug-likeness (QED) is 0.471. The largest absolute Gasteiger partial charge is 0.490 e. The van der Waals surface area contributed by atoms with E-state index < -0.39 is 11.8 Å². The number of nitrogens with one attached hydrogen (secondary N) is 1. The molecule has 3 N–H and O–H groups in total. The molecule has 1 amide bonds. The van der Waals surface area contributed by atoms with Gasteiger partial charge in [0.15, 0.2) is 29.7 Å². The highest BCUT2D eigenvalue weighted by atomic mass is 127. The lowest BCUT2D eigenvalue weighted by Gasteiger charge is -2.44. The number of halogens is 1. The molecule has 3 aliphatic rings. The molecule has 1 aliphatic heterocycles. The molecule has 4 rings (SSSR count). The number of dihydropyridines is 1. The van der Waals surface area contributed by atoms with E-state index >= 15 is 0 Å². The predicted octanol–water partition coefficient (Wildman–Crippen LogP) is 4.53. The predicted molar refractivity (Wildman–Crippen MR) is 141 cm³/mol. The van der Waals surface area contributed by atoms with Gasteiger partial charge in [-0.1, -0.05) is 27.7 Å². The molecule has 0 bridgehead atoms. The molecule has 0 unspecified atom stereocenters. The Balaban J connectivity index is 1.90. The van der Waals surface area contributed by atoms with E-state index in [1.54, 1.807) is 0 Å². The minimum atomic E-state index is -0.582. The molecular weight excluding hydrogens is 559 g/mol. The van der Waals surface area contributed by atoms with Crippen molar-refractivity contribution in [2.75, 3.05) is 13.2 Å². The number of hydrogen-bond acceptors (Lipinski definition) is 6. The fourth-order valence-corrected chi connectivity index (χ4v) is 6.30. The Kier molecular flexibility index (Phi) is 6.81. The van der Waals surface area contributed by atoms with Crippen LogP contribution in [-0.2, 0) is 14.4 Å². The maximum absolute atomic E-state index is 13.5. The first-order valence-electron chi connectivity index (χ1n) is 12.0. The van der Waals surface area contributed by atoms with E-state index in [4.69, 9.17) is 15.2 Å². The third-order valence-electron chi connectivity index (χ3n) is 6.74. The fourth-order valence-electron chi connectivity index (χ4n) is 5.52. The number of benzene rings is 1. The zero-order valence-corrected chi connectivity index (χ0v) is 23.1. The molecule has 1 aromatic carbocycles. The number of amides is 1. The van der Waals surface area contributed by atoms with Crippen molar-refractivity contribution in [2.24, 2.45) is 16.6 Å². The number of carbonyl (C=O) groups is 3. The van der Waals surface area contributed by atoms with Crippen LogP contribution in [0.3, 0.4) is 0 Å². The van der Waals surface area contributed by atoms with Crippen LogP contribution in [0.5, 0.6) is 11.5 Å². The molecule has 1 aromatic rings. The molecule has 2 aliphatic carbocycles. The van der Waals surface area contributed by atoms with E-state index in [0.717, 1.165) is 33.4 Å². The van der Waals surface area contributed by atoms with E-state index in [2.05, 4.69) is 55.6 Å². The highest BCUT2D eigenvalue weighted by Gasteiger charge is 2.46. The van der Waals surface area contributed by atoms with Gasteiger partial charge in [-0.3, -0.25) is 14.4 Å². The summed E-state index contributed by atoms with van der Waals surface area (Å²) in [7, 11) is 0. The first-order chi connectivity index (χ1) is 16.3. The fraction of sp³-hybridized carbons (Fsp3) is 0.519. The topological polar surface area (TPSA) is 108 Å². The Morgan fingerprint density at radius 3 is 2.03 bits per heavy atom. The second-order valence-corrected chi connectivity index (χ2v) is 12.4. The molecular formula is C27H33IN2O5. The second kappa shape index (κ2) is 9.26. The molecule has 0 radical (unpaired) electrons. The number of rotatable bonds is 6. The van der Waals surface area contributed by atoms with Crippen LogP contribution in [0.15, 0.2) is 34.7 Å². The van der Waals surface area contributed by atoms with Gasteiger partial charge in [0.25, 0.3) is 5.91 Å². The van der Waals surface area contributed by atoms with Gasteiger partial charge in [-0.15, -0.1) is 0 Å². The minimum absolute atomic E-state index is 0.0694. The molecule has 1 heterocycles. The van der Waals surface area contributed by atoms with Gasteiger partial charge in [0.2, 0.25) is 0 Å². The van der Waals surface area contributed by atoms with Crippen molar-refractivity contribution in [3.63, 3.8) is 0 Å². The third kappa shape index (κ3) is 5.13. The summed E-state index contributed by atoms with van der Waals surface area (Å²) in [4.78, 5) is 38.4. The summed E-state index contributed by atoms with van der Waals surface area (Å²) in [5.41, 5.74) is 8.98. The van der Waals surface area contributed by atoms with Crippen LogP contribution in [0.2, 0.25) is 0 Å². The van der Waals surface area contributed by atoms with Gasteiger partial charge in [0, 0.05) is 41.3 Å². The van der Waals surface area contributed by atoms with E-state index in [1.807, 2.05) is 19.1 Å². The maximum atomic E-state index is 13.5. The smallest absolute Gasteiger partial charge is 0.255 e. The first kappa shape index (κ1) is 25.7. The van der Waals surface area contributed by atoms with Crippen LogP contribution in [-0.4, -0.2) is 30.7 Å². The van der Waals surface area contributed by atoms with Gasteiger partial charge in [-0.25, -0.2) is 0 Å². The van der Waals surface area contributed by atoms with E-state index in [1.165, 1.54) is 0 Å². The van der Waals surface area contributed by atoms with Gasteiger partial charge in [-0.05, 0) is 70.9 Å². The molecule has 0 saturated heterocycles. The lowest BCUT2D eigenvalue weighted by atomic mass is 9.64. The van der Waals surface area contributed by atoms with Crippen molar-refractivity contribution < 1.29 is 23.9 Å². The van der Waals surface area contributed by atoms with Crippen LogP contribution in [0.25, 0.3) is 0 Å². The Morgan fingerprint density at radius 2 is 1.54 bits per heavy atom. The second-order valence-electron chi connectivity index (χ2n) is 11.2. The molecule has 0 spiro atoms. The summed E-state index contributed by atoms with van der Waals surface area (Å²) >= 11 is 2.14. The average molecular weight is 592 g/mol. The van der Waals surface area contributed by atoms with Crippen molar-refractivity contribution in [1.82, 2.24) is 5.32 Å². The molecule has 0 fully saturated rings. The standard InChI is InChI=1S/C27H33IN2O5/c1-6-34-20-8-14(7-15(28)25(20)35-13-21(29)33)22-23-16(9-26(2,3)11-18(23)31)30-17-10-27(4,5)12-19(32)24(17)22/h7-8,22,30H,6,9-13H2,1-5H3,(H2,29,33). The number of ether oxygens (including phenoxy) is 2. The highest BCUT2D eigenvalue weighted by molar-refractivity contribution is 14.1. The Morgan fingerprint density at radius 1 is 1.00 bits per heavy atom. The summed E-state index contributed by atoms with van der Waals surface area (Å²) in [6.07, 6.45) is 2.35. The van der Waals surface area contributed by atoms with Gasteiger partial charge in [0.1, 0.15) is 0 Å². The van der Waals surface area contributed by atoms with E-state index in [0.29, 0.717) is 42.1 Å². The number of allylic oxidation sites excluding steroid dienone is 4. The highest BCUT2D eigenvalue weighted by Crippen LogP contribution is 2.52. The first-order valence-corrected chi connectivity index (χ1v) is 13.1. The SMILES string of the molecule is CCOc1cc(C2C3=C(CC(C)(C)CC3=O)NC3=C2C(=O)CC(C)(C)C3)cc(I)c1OCC(N)=O. The number of nitrogens with two attached hydrogens (primary N) is 1. The third-order valence-corrected chi connectivity index (χ3v) is 7.54. The Bertz CT molecular complexity index is 1130. The van der Waals surface area contributed by atoms with E-state index in [9.17, 15) is 14.4 Å². The van der Waals surface area contributed by atoms with Gasteiger partial charge in [-0.2, -0.15) is 0 Å². The summed E-state index contributed by atoms with van der Waals surface area (Å²) in [5.74, 6) is -0.0161. The van der Waals surface area contributed by atoms with Gasteiger partial charge < -0.3 is 20.5 Å². The van der Waals surface area contributed by atoms with Crippen molar-refractivity contribution in [3.05, 3.63) is 43.8 Å². The monoisotopic (exact) mass is 592 g/mol. The van der Waals surface area contributed by atoms with Crippen molar-refractivity contribution in [1.29, 1.82) is 0 Å². The number of hydrogen-bond donors (Lipinski definition) is 2. The maximum Gasteiger partial charge on any atom is 0.255 e. The molecule has 8 heteroatoms. The number of ketones is 2. The number of Topliss-reactive ketones (excluding diaryl/α,β-unsaturated/α-hetero) is 2. The van der Waals surface area contributed by atoms with Crippen LogP contribution in [0.4, 0.5) is 0 Å². The van der Waals surface area contributed by atoms with Gasteiger partial charge >= 0.3 is 0 Å². The zero-order chi connectivity index (χ0) is 25.7. The number of carbonyl (C=O) groups excluding carboxylic acids is 3. The molecule has 0 saturated carbocycles. The number of primary amides is 1. The lowest BCUT2D eigenvalue weighted by Crippen LogP contribution is -2.42. The summed E-state index contributed by atoms with van der Waals surface area (Å²) < 4.78 is 12.3. The minimum Gasteiger partial charge on any atom is -0.490 e. The summed E-state index contributed by atoms with van der Waals surface area (Å²) in [6, 6.07) is 3.76. The molecule has 0 aromatic heterocycles. The van der Waals surface area contributed by atoms with Crippen molar-refractivity contribution in [2.45, 2.75) is 66.2 Å². The van der Waals surface area contributed by atoms with Crippen LogP contribution in [0, 0.1) is 14.4 Å². The van der Waals surface area contributed by atoms with Crippen molar-refractivity contribution in [3.8, 4) is 11.5 Å². The Labute approximate surface area is 220 Å². The molecule has 0 atom stereocenters. The molecule has 35 heavy (non-hydrogen) atoms. The molecule has 7 nitrogen and oxygen atoms in total. The summed E-state index contributed by atoms with van der Waals surface area (Å²) in [5, 5.41) is 3.54. The van der Waals surface area contributed by atoms with Gasteiger partial charge in [0.05, 0.1) is 10.2 Å². The lowest BCUT2D eigenvalue weighted by molar-refractivity contribution is -0.120. The normalized spacial score (nSPS) is 21.3.